The van der Waals surface area contributed by atoms with Crippen LogP contribution in [0.25, 0.3) is 0 Å². The fraction of sp³-hybridized carbons (Fsp3) is 1.00. The van der Waals surface area contributed by atoms with Crippen molar-refractivity contribution in [3.8, 4) is 0 Å². The van der Waals surface area contributed by atoms with Gasteiger partial charge in [0.25, 0.3) is 0 Å². The molecule has 2 N–H and O–H groups in total. The summed E-state index contributed by atoms with van der Waals surface area (Å²) in [5, 5.41) is 13.1. The Labute approximate surface area is 124 Å². The van der Waals surface area contributed by atoms with Crippen molar-refractivity contribution in [1.29, 1.82) is 0 Å². The van der Waals surface area contributed by atoms with Gasteiger partial charge in [0.2, 0.25) is 0 Å². The lowest BCUT2D eigenvalue weighted by atomic mass is 9.94. The maximum Gasteiger partial charge on any atom is 0.0610 e. The van der Waals surface area contributed by atoms with Crippen molar-refractivity contribution in [2.24, 2.45) is 5.92 Å². The molecule has 120 valence electrons. The lowest BCUT2D eigenvalue weighted by Gasteiger charge is -2.35. The number of ether oxygens (including phenoxy) is 1. The maximum absolute atomic E-state index is 9.59. The first-order valence-electron chi connectivity index (χ1n) is 8.09. The molecule has 4 heteroatoms. The molecule has 1 fully saturated rings. The summed E-state index contributed by atoms with van der Waals surface area (Å²) < 4.78 is 5.28. The van der Waals surface area contributed by atoms with Crippen LogP contribution in [-0.2, 0) is 4.74 Å². The second-order valence-electron chi connectivity index (χ2n) is 6.89. The zero-order valence-corrected chi connectivity index (χ0v) is 13.8. The average Bonchev–Trinajstić information content (AvgIpc) is 2.39. The van der Waals surface area contributed by atoms with Crippen molar-refractivity contribution in [2.45, 2.75) is 58.0 Å². The van der Waals surface area contributed by atoms with Crippen LogP contribution in [0.2, 0.25) is 0 Å². The molecule has 2 unspecified atom stereocenters. The molecule has 0 amide bonds. The molecule has 0 bridgehead atoms. The van der Waals surface area contributed by atoms with E-state index in [9.17, 15) is 5.11 Å². The number of aliphatic hydroxyl groups excluding tert-OH is 1. The van der Waals surface area contributed by atoms with Crippen LogP contribution in [0.3, 0.4) is 0 Å². The molecule has 2 atom stereocenters. The quantitative estimate of drug-likeness (QED) is 0.679. The Balaban J connectivity index is 2.28. The molecule has 4 nitrogen and oxygen atoms in total. The third kappa shape index (κ3) is 6.53. The highest BCUT2D eigenvalue weighted by Gasteiger charge is 2.24. The minimum absolute atomic E-state index is 0.143. The Morgan fingerprint density at radius 2 is 2.20 bits per heavy atom. The van der Waals surface area contributed by atoms with Gasteiger partial charge >= 0.3 is 0 Å². The van der Waals surface area contributed by atoms with Gasteiger partial charge in [-0.25, -0.2) is 0 Å². The molecule has 1 rings (SSSR count). The maximum atomic E-state index is 9.59. The summed E-state index contributed by atoms with van der Waals surface area (Å²) in [7, 11) is 1.79. The predicted molar refractivity (Wildman–Crippen MR) is 84.0 cm³/mol. The molecular formula is C16H34N2O2. The molecule has 1 aliphatic heterocycles. The highest BCUT2D eigenvalue weighted by molar-refractivity contribution is 4.84. The van der Waals surface area contributed by atoms with Crippen molar-refractivity contribution in [1.82, 2.24) is 10.2 Å². The van der Waals surface area contributed by atoms with Crippen LogP contribution in [0, 0.1) is 5.92 Å². The molecule has 0 aromatic carbocycles. The van der Waals surface area contributed by atoms with Crippen LogP contribution in [0.1, 0.15) is 46.5 Å². The first-order valence-corrected chi connectivity index (χ1v) is 8.09. The summed E-state index contributed by atoms with van der Waals surface area (Å²) in [6.07, 6.45) is 4.74. The second-order valence-corrected chi connectivity index (χ2v) is 6.89. The van der Waals surface area contributed by atoms with E-state index in [1.165, 1.54) is 25.9 Å². The van der Waals surface area contributed by atoms with E-state index in [2.05, 4.69) is 31.0 Å². The van der Waals surface area contributed by atoms with Gasteiger partial charge in [-0.2, -0.15) is 0 Å². The van der Waals surface area contributed by atoms with E-state index < -0.39 is 0 Å². The zero-order chi connectivity index (χ0) is 15.0. The highest BCUT2D eigenvalue weighted by atomic mass is 16.5. The van der Waals surface area contributed by atoms with Crippen molar-refractivity contribution in [3.05, 3.63) is 0 Å². The van der Waals surface area contributed by atoms with Crippen LogP contribution in [0.5, 0.6) is 0 Å². The number of aliphatic hydroxyl groups is 1. The number of nitrogens with one attached hydrogen (secondary N) is 1. The van der Waals surface area contributed by atoms with Gasteiger partial charge in [-0.1, -0.05) is 13.8 Å². The minimum atomic E-state index is -0.143. The van der Waals surface area contributed by atoms with Crippen molar-refractivity contribution >= 4 is 0 Å². The number of nitrogens with zero attached hydrogens (tertiary/aromatic N) is 1. The van der Waals surface area contributed by atoms with Gasteiger partial charge in [0, 0.05) is 25.2 Å². The molecule has 0 radical (unpaired) electrons. The van der Waals surface area contributed by atoms with Crippen molar-refractivity contribution < 1.29 is 9.84 Å². The van der Waals surface area contributed by atoms with E-state index in [0.29, 0.717) is 12.0 Å². The largest absolute Gasteiger partial charge is 0.394 e. The van der Waals surface area contributed by atoms with Crippen LogP contribution >= 0.6 is 0 Å². The molecule has 0 aromatic heterocycles. The van der Waals surface area contributed by atoms with Crippen LogP contribution in [0.15, 0.2) is 0 Å². The van der Waals surface area contributed by atoms with E-state index in [1.807, 2.05) is 0 Å². The summed E-state index contributed by atoms with van der Waals surface area (Å²) in [6, 6.07) is 0.410. The highest BCUT2D eigenvalue weighted by Crippen LogP contribution is 2.19. The van der Waals surface area contributed by atoms with Crippen molar-refractivity contribution in [3.63, 3.8) is 0 Å². The Morgan fingerprint density at radius 3 is 2.80 bits per heavy atom. The fourth-order valence-electron chi connectivity index (χ4n) is 3.31. The monoisotopic (exact) mass is 286 g/mol. The Morgan fingerprint density at radius 1 is 1.45 bits per heavy atom. The summed E-state index contributed by atoms with van der Waals surface area (Å²) in [4.78, 5) is 2.56. The topological polar surface area (TPSA) is 44.7 Å². The molecule has 1 heterocycles. The molecule has 1 saturated heterocycles. The average molecular weight is 286 g/mol. The lowest BCUT2D eigenvalue weighted by molar-refractivity contribution is 0.0862. The van der Waals surface area contributed by atoms with E-state index in [4.69, 9.17) is 4.74 Å². The number of hydrogen-bond acceptors (Lipinski definition) is 4. The van der Waals surface area contributed by atoms with Gasteiger partial charge in [-0.05, 0) is 51.6 Å². The van der Waals surface area contributed by atoms with E-state index >= 15 is 0 Å². The van der Waals surface area contributed by atoms with Gasteiger partial charge in [0.15, 0.2) is 0 Å². The Bertz CT molecular complexity index is 259. The summed E-state index contributed by atoms with van der Waals surface area (Å²) in [5.74, 6) is 0.701. The summed E-state index contributed by atoms with van der Waals surface area (Å²) >= 11 is 0. The first-order chi connectivity index (χ1) is 9.49. The molecule has 0 aromatic rings. The van der Waals surface area contributed by atoms with Gasteiger partial charge in [-0.3, -0.25) is 0 Å². The predicted octanol–water partition coefficient (Wildman–Crippen LogP) is 1.87. The third-order valence-corrected chi connectivity index (χ3v) is 4.19. The van der Waals surface area contributed by atoms with Gasteiger partial charge in [0.1, 0.15) is 0 Å². The smallest absolute Gasteiger partial charge is 0.0610 e. The summed E-state index contributed by atoms with van der Waals surface area (Å²) in [5.41, 5.74) is -0.143. The zero-order valence-electron chi connectivity index (χ0n) is 13.8. The first kappa shape index (κ1) is 17.9. The van der Waals surface area contributed by atoms with E-state index in [1.54, 1.807) is 7.11 Å². The van der Waals surface area contributed by atoms with Crippen LogP contribution < -0.4 is 5.32 Å². The van der Waals surface area contributed by atoms with Crippen LogP contribution in [0.4, 0.5) is 0 Å². The summed E-state index contributed by atoms with van der Waals surface area (Å²) in [6.45, 7) is 11.0. The number of likely N-dealkylation sites (tertiary alicyclic amines) is 1. The Kier molecular flexibility index (Phi) is 8.03. The molecule has 0 spiro atoms. The van der Waals surface area contributed by atoms with Crippen molar-refractivity contribution in [2.75, 3.05) is 40.0 Å². The van der Waals surface area contributed by atoms with Crippen LogP contribution in [-0.4, -0.2) is 61.5 Å². The molecular weight excluding hydrogens is 252 g/mol. The fourth-order valence-corrected chi connectivity index (χ4v) is 3.31. The number of methoxy groups -OCH3 is 1. The normalized spacial score (nSPS) is 24.0. The molecule has 1 aliphatic rings. The molecule has 20 heavy (non-hydrogen) atoms. The second kappa shape index (κ2) is 8.98. The van der Waals surface area contributed by atoms with Gasteiger partial charge in [0.05, 0.1) is 13.2 Å². The van der Waals surface area contributed by atoms with E-state index in [-0.39, 0.29) is 12.1 Å². The van der Waals surface area contributed by atoms with Gasteiger partial charge in [-0.15, -0.1) is 0 Å². The van der Waals surface area contributed by atoms with E-state index in [0.717, 1.165) is 26.0 Å². The number of rotatable bonds is 9. The number of hydrogen-bond donors (Lipinski definition) is 2. The standard InChI is InChI=1S/C16H34N2O2/c1-14(2)17-16(3,13-19)8-6-10-18-9-5-7-15(11-18)12-20-4/h14-15,17,19H,5-13H2,1-4H3. The number of piperidine rings is 1. The Hall–Kier alpha value is -0.160. The molecule has 0 saturated carbocycles. The SMILES string of the molecule is COCC1CCCN(CCCC(C)(CO)NC(C)C)C1. The molecule has 0 aliphatic carbocycles. The lowest BCUT2D eigenvalue weighted by Crippen LogP contribution is -2.49. The third-order valence-electron chi connectivity index (χ3n) is 4.19. The minimum Gasteiger partial charge on any atom is -0.394 e. The van der Waals surface area contributed by atoms with Gasteiger partial charge < -0.3 is 20.1 Å².